The van der Waals surface area contributed by atoms with E-state index in [1.807, 2.05) is 12.1 Å². The van der Waals surface area contributed by atoms with Gasteiger partial charge in [-0.3, -0.25) is 9.69 Å². The zero-order chi connectivity index (χ0) is 22.3. The number of hydrogen-bond acceptors (Lipinski definition) is 5. The molecule has 0 aliphatic carbocycles. The van der Waals surface area contributed by atoms with E-state index in [-0.39, 0.29) is 17.3 Å². The SMILES string of the molecule is C#CCNS(=O)(=O)c1ccc(C(=O)NCc2cccc(CN3CCN(C)CC3)c2)cc1. The number of terminal acetylenes is 1. The van der Waals surface area contributed by atoms with Gasteiger partial charge in [0.05, 0.1) is 11.4 Å². The zero-order valence-electron chi connectivity index (χ0n) is 17.7. The highest BCUT2D eigenvalue weighted by Gasteiger charge is 2.15. The molecule has 1 fully saturated rings. The van der Waals surface area contributed by atoms with Crippen LogP contribution in [0, 0.1) is 12.3 Å². The van der Waals surface area contributed by atoms with Gasteiger partial charge in [0.25, 0.3) is 5.91 Å². The summed E-state index contributed by atoms with van der Waals surface area (Å²) in [5.74, 6) is 1.97. The summed E-state index contributed by atoms with van der Waals surface area (Å²) in [6, 6.07) is 14.0. The fourth-order valence-corrected chi connectivity index (χ4v) is 4.33. The molecule has 3 rings (SSSR count). The van der Waals surface area contributed by atoms with Crippen molar-refractivity contribution in [1.29, 1.82) is 0 Å². The maximum absolute atomic E-state index is 12.5. The van der Waals surface area contributed by atoms with E-state index in [4.69, 9.17) is 6.42 Å². The highest BCUT2D eigenvalue weighted by molar-refractivity contribution is 7.89. The van der Waals surface area contributed by atoms with Crippen molar-refractivity contribution in [3.63, 3.8) is 0 Å². The van der Waals surface area contributed by atoms with Crippen molar-refractivity contribution in [2.24, 2.45) is 0 Å². The van der Waals surface area contributed by atoms with Crippen LogP contribution in [0.3, 0.4) is 0 Å². The molecule has 0 saturated carbocycles. The summed E-state index contributed by atoms with van der Waals surface area (Å²) >= 11 is 0. The van der Waals surface area contributed by atoms with E-state index in [0.717, 1.165) is 38.3 Å². The van der Waals surface area contributed by atoms with Gasteiger partial charge in [0.2, 0.25) is 10.0 Å². The number of hydrogen-bond donors (Lipinski definition) is 2. The number of carbonyl (C=O) groups excluding carboxylic acids is 1. The van der Waals surface area contributed by atoms with Crippen molar-refractivity contribution >= 4 is 15.9 Å². The van der Waals surface area contributed by atoms with E-state index < -0.39 is 10.0 Å². The third-order valence-electron chi connectivity index (χ3n) is 5.24. The second-order valence-electron chi connectivity index (χ2n) is 7.64. The van der Waals surface area contributed by atoms with Crippen LogP contribution in [0.25, 0.3) is 0 Å². The lowest BCUT2D eigenvalue weighted by Crippen LogP contribution is -2.43. The van der Waals surface area contributed by atoms with Gasteiger partial charge in [-0.25, -0.2) is 8.42 Å². The van der Waals surface area contributed by atoms with Crippen LogP contribution < -0.4 is 10.0 Å². The third-order valence-corrected chi connectivity index (χ3v) is 6.65. The summed E-state index contributed by atoms with van der Waals surface area (Å²) in [6.45, 7) is 5.49. The second kappa shape index (κ2) is 10.6. The van der Waals surface area contributed by atoms with Crippen LogP contribution in [-0.4, -0.2) is 63.9 Å². The summed E-state index contributed by atoms with van der Waals surface area (Å²) in [5, 5.41) is 2.89. The molecule has 0 radical (unpaired) electrons. The molecule has 0 spiro atoms. The third kappa shape index (κ3) is 6.64. The van der Waals surface area contributed by atoms with Gasteiger partial charge in [-0.1, -0.05) is 30.2 Å². The maximum atomic E-state index is 12.5. The van der Waals surface area contributed by atoms with Gasteiger partial charge in [-0.05, 0) is 42.4 Å². The molecule has 1 aliphatic rings. The van der Waals surface area contributed by atoms with Gasteiger partial charge in [-0.2, -0.15) is 4.72 Å². The molecule has 31 heavy (non-hydrogen) atoms. The molecule has 0 atom stereocenters. The summed E-state index contributed by atoms with van der Waals surface area (Å²) < 4.78 is 26.4. The molecule has 0 bridgehead atoms. The van der Waals surface area contributed by atoms with Gasteiger partial charge in [0.15, 0.2) is 0 Å². The molecule has 0 aromatic heterocycles. The quantitative estimate of drug-likeness (QED) is 0.605. The van der Waals surface area contributed by atoms with Crippen LogP contribution in [0.4, 0.5) is 0 Å². The van der Waals surface area contributed by atoms with Crippen LogP contribution in [0.5, 0.6) is 0 Å². The van der Waals surface area contributed by atoms with Crippen molar-refractivity contribution < 1.29 is 13.2 Å². The van der Waals surface area contributed by atoms with Gasteiger partial charge < -0.3 is 10.2 Å². The molecule has 1 heterocycles. The van der Waals surface area contributed by atoms with Crippen molar-refractivity contribution in [2.75, 3.05) is 39.8 Å². The molecular formula is C23H28N4O3S. The van der Waals surface area contributed by atoms with Crippen LogP contribution in [0.1, 0.15) is 21.5 Å². The lowest BCUT2D eigenvalue weighted by molar-refractivity contribution is 0.0950. The van der Waals surface area contributed by atoms with Crippen molar-refractivity contribution in [3.05, 3.63) is 65.2 Å². The first kappa shape index (κ1) is 23.0. The molecule has 8 heteroatoms. The number of benzene rings is 2. The highest BCUT2D eigenvalue weighted by atomic mass is 32.2. The number of rotatable bonds is 8. The molecule has 164 valence electrons. The molecule has 7 nitrogen and oxygen atoms in total. The predicted molar refractivity (Wildman–Crippen MR) is 121 cm³/mol. The number of sulfonamides is 1. The van der Waals surface area contributed by atoms with Crippen LogP contribution in [-0.2, 0) is 23.1 Å². The van der Waals surface area contributed by atoms with Crippen molar-refractivity contribution in [3.8, 4) is 12.3 Å². The molecule has 0 unspecified atom stereocenters. The molecule has 2 aromatic rings. The maximum Gasteiger partial charge on any atom is 0.251 e. The van der Waals surface area contributed by atoms with Gasteiger partial charge in [-0.15, -0.1) is 6.42 Å². The smallest absolute Gasteiger partial charge is 0.251 e. The Kier molecular flexibility index (Phi) is 7.82. The number of nitrogens with zero attached hydrogens (tertiary/aromatic N) is 2. The Bertz CT molecular complexity index is 1040. The lowest BCUT2D eigenvalue weighted by atomic mass is 10.1. The Morgan fingerprint density at radius 2 is 1.74 bits per heavy atom. The van der Waals surface area contributed by atoms with Crippen molar-refractivity contribution in [2.45, 2.75) is 18.0 Å². The normalized spacial score (nSPS) is 15.4. The van der Waals surface area contributed by atoms with E-state index in [0.29, 0.717) is 12.1 Å². The average molecular weight is 441 g/mol. The molecule has 1 aliphatic heterocycles. The van der Waals surface area contributed by atoms with Gasteiger partial charge >= 0.3 is 0 Å². The van der Waals surface area contributed by atoms with E-state index in [1.54, 1.807) is 0 Å². The van der Waals surface area contributed by atoms with Crippen molar-refractivity contribution in [1.82, 2.24) is 19.8 Å². The number of nitrogens with one attached hydrogen (secondary N) is 2. The van der Waals surface area contributed by atoms with Crippen LogP contribution >= 0.6 is 0 Å². The predicted octanol–water partition coefficient (Wildman–Crippen LogP) is 1.28. The zero-order valence-corrected chi connectivity index (χ0v) is 18.5. The molecule has 2 N–H and O–H groups in total. The Morgan fingerprint density at radius 3 is 2.42 bits per heavy atom. The average Bonchev–Trinajstić information content (AvgIpc) is 2.78. The molecular weight excluding hydrogens is 412 g/mol. The second-order valence-corrected chi connectivity index (χ2v) is 9.40. The summed E-state index contributed by atoms with van der Waals surface area (Å²) in [7, 11) is -1.53. The van der Waals surface area contributed by atoms with Gasteiger partial charge in [0.1, 0.15) is 0 Å². The van der Waals surface area contributed by atoms with E-state index in [9.17, 15) is 13.2 Å². The lowest BCUT2D eigenvalue weighted by Gasteiger charge is -2.32. The molecule has 1 amide bonds. The summed E-state index contributed by atoms with van der Waals surface area (Å²) in [4.78, 5) is 17.3. The van der Waals surface area contributed by atoms with Crippen LogP contribution in [0.2, 0.25) is 0 Å². The van der Waals surface area contributed by atoms with E-state index >= 15 is 0 Å². The number of piperazine rings is 1. The summed E-state index contributed by atoms with van der Waals surface area (Å²) in [6.07, 6.45) is 5.09. The Morgan fingerprint density at radius 1 is 1.06 bits per heavy atom. The van der Waals surface area contributed by atoms with Gasteiger partial charge in [0, 0.05) is 44.8 Å². The highest BCUT2D eigenvalue weighted by Crippen LogP contribution is 2.12. The molecule has 1 saturated heterocycles. The number of amides is 1. The minimum atomic E-state index is -3.67. The standard InChI is InChI=1S/C23H28N4O3S/c1-3-11-25-31(29,30)22-9-7-21(8-10-22)23(28)24-17-19-5-4-6-20(16-19)18-27-14-12-26(2)13-15-27/h1,4-10,16,25H,11-15,17-18H2,2H3,(H,24,28). The van der Waals surface area contributed by atoms with E-state index in [2.05, 4.69) is 44.9 Å². The Labute approximate surface area is 184 Å². The monoisotopic (exact) mass is 440 g/mol. The first-order chi connectivity index (χ1) is 14.9. The fourth-order valence-electron chi connectivity index (χ4n) is 3.39. The first-order valence-corrected chi connectivity index (χ1v) is 11.7. The largest absolute Gasteiger partial charge is 0.348 e. The minimum Gasteiger partial charge on any atom is -0.348 e. The fraction of sp³-hybridized carbons (Fsp3) is 0.348. The minimum absolute atomic E-state index is 0.0657. The summed E-state index contributed by atoms with van der Waals surface area (Å²) in [5.41, 5.74) is 2.65. The topological polar surface area (TPSA) is 81.7 Å². The van der Waals surface area contributed by atoms with E-state index in [1.165, 1.54) is 29.8 Å². The Hall–Kier alpha value is -2.70. The Balaban J connectivity index is 1.55. The van der Waals surface area contributed by atoms with Crippen LogP contribution in [0.15, 0.2) is 53.4 Å². The molecule has 2 aromatic carbocycles. The number of likely N-dealkylation sites (N-methyl/N-ethyl adjacent to an activating group) is 1. The number of carbonyl (C=O) groups is 1. The first-order valence-electron chi connectivity index (χ1n) is 10.2.